The summed E-state index contributed by atoms with van der Waals surface area (Å²) in [4.78, 5) is 0. The van der Waals surface area contributed by atoms with E-state index in [1.807, 2.05) is 37.3 Å². The van der Waals surface area contributed by atoms with Crippen molar-refractivity contribution in [3.05, 3.63) is 35.9 Å². The molecule has 1 aliphatic carbocycles. The van der Waals surface area contributed by atoms with Crippen LogP contribution in [0.2, 0.25) is 0 Å². The van der Waals surface area contributed by atoms with Gasteiger partial charge in [0.15, 0.2) is 0 Å². The van der Waals surface area contributed by atoms with Gasteiger partial charge in [0, 0.05) is 19.8 Å². The van der Waals surface area contributed by atoms with Crippen LogP contribution in [0.25, 0.3) is 0 Å². The van der Waals surface area contributed by atoms with Crippen LogP contribution in [0.3, 0.4) is 0 Å². The Morgan fingerprint density at radius 3 is 2.74 bits per heavy atom. The fraction of sp³-hybridized carbons (Fsp3) is 0.625. The summed E-state index contributed by atoms with van der Waals surface area (Å²) in [7, 11) is 0. The maximum absolute atomic E-state index is 10.4. The van der Waals surface area contributed by atoms with Gasteiger partial charge >= 0.3 is 0 Å². The fourth-order valence-corrected chi connectivity index (χ4v) is 2.06. The number of rotatable bonds is 9. The lowest BCUT2D eigenvalue weighted by Crippen LogP contribution is -2.36. The molecule has 19 heavy (non-hydrogen) atoms. The Balaban J connectivity index is 1.56. The lowest BCUT2D eigenvalue weighted by atomic mass is 9.96. The molecule has 3 nitrogen and oxygen atoms in total. The highest BCUT2D eigenvalue weighted by molar-refractivity contribution is 5.21. The summed E-state index contributed by atoms with van der Waals surface area (Å²) in [5.74, 6) is 0.840. The van der Waals surface area contributed by atoms with Crippen LogP contribution in [0.1, 0.15) is 31.7 Å². The topological polar surface area (TPSA) is 41.5 Å². The third-order valence-corrected chi connectivity index (χ3v) is 3.56. The predicted molar refractivity (Wildman–Crippen MR) is 77.0 cm³/mol. The van der Waals surface area contributed by atoms with Crippen molar-refractivity contribution in [3.8, 4) is 0 Å². The molecule has 1 atom stereocenters. The largest absolute Gasteiger partial charge is 0.384 e. The molecule has 1 saturated carbocycles. The molecule has 2 rings (SSSR count). The first-order valence-corrected chi connectivity index (χ1v) is 7.25. The highest BCUT2D eigenvalue weighted by atomic mass is 16.5. The fourth-order valence-electron chi connectivity index (χ4n) is 2.06. The summed E-state index contributed by atoms with van der Waals surface area (Å²) < 4.78 is 5.57. The van der Waals surface area contributed by atoms with Crippen molar-refractivity contribution in [2.24, 2.45) is 5.92 Å². The molecule has 0 spiro atoms. The molecule has 1 fully saturated rings. The summed E-state index contributed by atoms with van der Waals surface area (Å²) in [6.45, 7) is 5.05. The Morgan fingerprint density at radius 1 is 1.32 bits per heavy atom. The summed E-state index contributed by atoms with van der Waals surface area (Å²) in [6.07, 6.45) is 3.69. The highest BCUT2D eigenvalue weighted by Gasteiger charge is 2.22. The molecule has 0 bridgehead atoms. The van der Waals surface area contributed by atoms with Crippen molar-refractivity contribution in [3.63, 3.8) is 0 Å². The standard InChI is InChI=1S/C16H25NO2/c1-16(18,15-6-3-2-4-7-15)13-17-10-5-11-19-12-14-8-9-14/h2-4,6-7,14,17-18H,5,8-13H2,1H3. The van der Waals surface area contributed by atoms with E-state index < -0.39 is 5.60 Å². The Hall–Kier alpha value is -0.900. The average Bonchev–Trinajstić information content (AvgIpc) is 3.23. The number of nitrogens with one attached hydrogen (secondary N) is 1. The SMILES string of the molecule is CC(O)(CNCCCOCC1CC1)c1ccccc1. The van der Waals surface area contributed by atoms with Crippen molar-refractivity contribution in [2.45, 2.75) is 31.8 Å². The molecule has 0 heterocycles. The van der Waals surface area contributed by atoms with Gasteiger partial charge in [-0.05, 0) is 44.2 Å². The predicted octanol–water partition coefficient (Wildman–Crippen LogP) is 2.30. The number of aliphatic hydroxyl groups is 1. The van der Waals surface area contributed by atoms with Crippen molar-refractivity contribution in [1.29, 1.82) is 0 Å². The zero-order chi connectivity index (χ0) is 13.6. The molecule has 1 aromatic rings. The molecule has 0 amide bonds. The average molecular weight is 263 g/mol. The molecule has 2 N–H and O–H groups in total. The van der Waals surface area contributed by atoms with Crippen LogP contribution in [0, 0.1) is 5.92 Å². The number of hydrogen-bond acceptors (Lipinski definition) is 3. The van der Waals surface area contributed by atoms with E-state index in [9.17, 15) is 5.11 Å². The molecule has 0 aliphatic heterocycles. The van der Waals surface area contributed by atoms with Crippen LogP contribution in [0.15, 0.2) is 30.3 Å². The minimum Gasteiger partial charge on any atom is -0.384 e. The van der Waals surface area contributed by atoms with Crippen LogP contribution in [0.4, 0.5) is 0 Å². The Labute approximate surface area is 116 Å². The van der Waals surface area contributed by atoms with Crippen molar-refractivity contribution in [1.82, 2.24) is 5.32 Å². The second-order valence-electron chi connectivity index (χ2n) is 5.69. The molecule has 0 saturated heterocycles. The van der Waals surface area contributed by atoms with Gasteiger partial charge in [0.1, 0.15) is 0 Å². The molecule has 1 unspecified atom stereocenters. The van der Waals surface area contributed by atoms with Crippen LogP contribution in [-0.4, -0.2) is 31.4 Å². The van der Waals surface area contributed by atoms with E-state index in [0.717, 1.165) is 37.7 Å². The van der Waals surface area contributed by atoms with Gasteiger partial charge < -0.3 is 15.2 Å². The van der Waals surface area contributed by atoms with Gasteiger partial charge in [0.05, 0.1) is 5.60 Å². The van der Waals surface area contributed by atoms with E-state index in [0.29, 0.717) is 6.54 Å². The second kappa shape index (κ2) is 7.04. The minimum atomic E-state index is -0.809. The van der Waals surface area contributed by atoms with Gasteiger partial charge in [0.25, 0.3) is 0 Å². The zero-order valence-electron chi connectivity index (χ0n) is 11.8. The third-order valence-electron chi connectivity index (χ3n) is 3.56. The van der Waals surface area contributed by atoms with Crippen LogP contribution < -0.4 is 5.32 Å². The van der Waals surface area contributed by atoms with E-state index in [2.05, 4.69) is 5.32 Å². The second-order valence-corrected chi connectivity index (χ2v) is 5.69. The van der Waals surface area contributed by atoms with Crippen molar-refractivity contribution in [2.75, 3.05) is 26.3 Å². The van der Waals surface area contributed by atoms with Gasteiger partial charge in [-0.15, -0.1) is 0 Å². The van der Waals surface area contributed by atoms with E-state index in [1.165, 1.54) is 12.8 Å². The molecular formula is C16H25NO2. The maximum atomic E-state index is 10.4. The Morgan fingerprint density at radius 2 is 2.05 bits per heavy atom. The molecule has 106 valence electrons. The first-order valence-electron chi connectivity index (χ1n) is 7.25. The number of benzene rings is 1. The van der Waals surface area contributed by atoms with Gasteiger partial charge in [-0.3, -0.25) is 0 Å². The highest BCUT2D eigenvalue weighted by Crippen LogP contribution is 2.28. The van der Waals surface area contributed by atoms with E-state index in [4.69, 9.17) is 4.74 Å². The van der Waals surface area contributed by atoms with E-state index in [1.54, 1.807) is 0 Å². The monoisotopic (exact) mass is 263 g/mol. The minimum absolute atomic E-state index is 0.569. The molecule has 0 aromatic heterocycles. The molecule has 0 radical (unpaired) electrons. The van der Waals surface area contributed by atoms with Crippen LogP contribution in [-0.2, 0) is 10.3 Å². The van der Waals surface area contributed by atoms with Crippen LogP contribution in [0.5, 0.6) is 0 Å². The number of ether oxygens (including phenoxy) is 1. The quantitative estimate of drug-likeness (QED) is 0.672. The first-order chi connectivity index (χ1) is 9.18. The van der Waals surface area contributed by atoms with E-state index >= 15 is 0 Å². The molecule has 1 aromatic carbocycles. The first kappa shape index (κ1) is 14.5. The lowest BCUT2D eigenvalue weighted by molar-refractivity contribution is 0.0557. The third kappa shape index (κ3) is 5.31. The van der Waals surface area contributed by atoms with Gasteiger partial charge in [-0.1, -0.05) is 30.3 Å². The molecule has 3 heteroatoms. The molecule has 1 aliphatic rings. The van der Waals surface area contributed by atoms with E-state index in [-0.39, 0.29) is 0 Å². The molecular weight excluding hydrogens is 238 g/mol. The lowest BCUT2D eigenvalue weighted by Gasteiger charge is -2.24. The summed E-state index contributed by atoms with van der Waals surface area (Å²) in [5, 5.41) is 13.7. The van der Waals surface area contributed by atoms with Crippen molar-refractivity contribution >= 4 is 0 Å². The Kier molecular flexibility index (Phi) is 5.37. The van der Waals surface area contributed by atoms with Crippen LogP contribution >= 0.6 is 0 Å². The summed E-state index contributed by atoms with van der Waals surface area (Å²) in [5.41, 5.74) is 0.142. The number of hydrogen-bond donors (Lipinski definition) is 2. The normalized spacial score (nSPS) is 18.2. The zero-order valence-corrected chi connectivity index (χ0v) is 11.8. The van der Waals surface area contributed by atoms with Crippen molar-refractivity contribution < 1.29 is 9.84 Å². The summed E-state index contributed by atoms with van der Waals surface area (Å²) in [6, 6.07) is 9.79. The van der Waals surface area contributed by atoms with Gasteiger partial charge in [-0.2, -0.15) is 0 Å². The maximum Gasteiger partial charge on any atom is 0.0992 e. The van der Waals surface area contributed by atoms with Gasteiger partial charge in [0.2, 0.25) is 0 Å². The Bertz CT molecular complexity index is 360. The summed E-state index contributed by atoms with van der Waals surface area (Å²) >= 11 is 0. The van der Waals surface area contributed by atoms with Gasteiger partial charge in [-0.25, -0.2) is 0 Å². The smallest absolute Gasteiger partial charge is 0.0992 e.